The fraction of sp³-hybridized carbons (Fsp3) is 0.471. The second-order valence-electron chi connectivity index (χ2n) is 6.57. The van der Waals surface area contributed by atoms with Gasteiger partial charge < -0.3 is 15.4 Å². The first-order valence-electron chi connectivity index (χ1n) is 7.70. The van der Waals surface area contributed by atoms with E-state index in [0.717, 1.165) is 6.29 Å². The van der Waals surface area contributed by atoms with E-state index >= 15 is 0 Å². The lowest BCUT2D eigenvalue weighted by atomic mass is 9.87. The zero-order valence-corrected chi connectivity index (χ0v) is 14.4. The van der Waals surface area contributed by atoms with Gasteiger partial charge in [-0.05, 0) is 24.2 Å². The largest absolute Gasteiger partial charge is 0.355 e. The Morgan fingerprint density at radius 2 is 2.08 bits per heavy atom. The van der Waals surface area contributed by atoms with Gasteiger partial charge in [-0.2, -0.15) is 0 Å². The van der Waals surface area contributed by atoms with Crippen LogP contribution < -0.4 is 10.6 Å². The van der Waals surface area contributed by atoms with Crippen molar-refractivity contribution in [2.45, 2.75) is 45.1 Å². The summed E-state index contributed by atoms with van der Waals surface area (Å²) < 4.78 is 28.1. The maximum Gasteiger partial charge on any atom is 0.275 e. The number of alkyl halides is 2. The van der Waals surface area contributed by atoms with Gasteiger partial charge >= 0.3 is 0 Å². The molecule has 1 atom stereocenters. The highest BCUT2D eigenvalue weighted by Gasteiger charge is 2.45. The number of fused-ring (bicyclic) bond motifs is 1. The Morgan fingerprint density at radius 3 is 2.75 bits per heavy atom. The minimum absolute atomic E-state index is 0.0108. The molecule has 0 aliphatic heterocycles. The first-order valence-corrected chi connectivity index (χ1v) is 8.11. The number of halogens is 2. The van der Waals surface area contributed by atoms with Gasteiger partial charge in [-0.1, -0.05) is 38.1 Å². The summed E-state index contributed by atoms with van der Waals surface area (Å²) in [5.41, 5.74) is -0.299. The number of hydrogen-bond acceptors (Lipinski definition) is 3. The number of aldehydes is 1. The van der Waals surface area contributed by atoms with Crippen molar-refractivity contribution in [3.8, 4) is 0 Å². The summed E-state index contributed by atoms with van der Waals surface area (Å²) in [6, 6.07) is 5.65. The van der Waals surface area contributed by atoms with E-state index < -0.39 is 23.8 Å². The lowest BCUT2D eigenvalue weighted by Gasteiger charge is -2.24. The van der Waals surface area contributed by atoms with Crippen LogP contribution in [0, 0.1) is 5.41 Å². The molecule has 1 aromatic rings. The molecule has 130 valence electrons. The van der Waals surface area contributed by atoms with E-state index in [0.29, 0.717) is 12.0 Å². The molecule has 7 heteroatoms. The Morgan fingerprint density at radius 1 is 1.42 bits per heavy atom. The highest BCUT2D eigenvalue weighted by molar-refractivity contribution is 7.80. The van der Waals surface area contributed by atoms with Gasteiger partial charge in [-0.3, -0.25) is 4.79 Å². The van der Waals surface area contributed by atoms with E-state index in [1.807, 2.05) is 0 Å². The first kappa shape index (κ1) is 18.4. The molecule has 0 spiro atoms. The Balaban J connectivity index is 2.01. The van der Waals surface area contributed by atoms with E-state index in [1.54, 1.807) is 32.0 Å². The number of amides is 1. The molecule has 1 aliphatic carbocycles. The number of carbonyl (C=O) groups excluding carboxylic acids is 2. The molecule has 0 heterocycles. The van der Waals surface area contributed by atoms with Crippen LogP contribution in [0.1, 0.15) is 50.3 Å². The molecule has 2 N–H and O–H groups in total. The van der Waals surface area contributed by atoms with Gasteiger partial charge in [0.05, 0.1) is 6.04 Å². The van der Waals surface area contributed by atoms with Crippen LogP contribution in [-0.4, -0.2) is 17.3 Å². The van der Waals surface area contributed by atoms with Gasteiger partial charge in [-0.15, -0.1) is 0 Å². The average Bonchev–Trinajstić information content (AvgIpc) is 2.76. The van der Waals surface area contributed by atoms with Crippen LogP contribution in [0.25, 0.3) is 0 Å². The van der Waals surface area contributed by atoms with Crippen molar-refractivity contribution in [1.82, 2.24) is 10.6 Å². The van der Waals surface area contributed by atoms with Crippen LogP contribution in [0.5, 0.6) is 0 Å². The van der Waals surface area contributed by atoms with Crippen molar-refractivity contribution in [2.24, 2.45) is 5.41 Å². The fourth-order valence-electron chi connectivity index (χ4n) is 2.74. The normalized spacial score (nSPS) is 18.6. The Hall–Kier alpha value is -1.89. The molecule has 0 fully saturated rings. The number of hydrogen-bond donors (Lipinski definition) is 2. The SMILES string of the molecule is CC(C)(CCC=O)C(=O)NC(=S)N[C@H]1CC(F)(F)c2ccccc21. The van der Waals surface area contributed by atoms with Crippen molar-refractivity contribution in [2.75, 3.05) is 0 Å². The second-order valence-corrected chi connectivity index (χ2v) is 6.97. The van der Waals surface area contributed by atoms with Gasteiger partial charge in [-0.25, -0.2) is 8.78 Å². The second kappa shape index (κ2) is 6.93. The van der Waals surface area contributed by atoms with E-state index in [9.17, 15) is 18.4 Å². The van der Waals surface area contributed by atoms with Gasteiger partial charge in [0.15, 0.2) is 5.11 Å². The minimum atomic E-state index is -2.92. The molecule has 24 heavy (non-hydrogen) atoms. The summed E-state index contributed by atoms with van der Waals surface area (Å²) in [7, 11) is 0. The predicted octanol–water partition coefficient (Wildman–Crippen LogP) is 3.22. The number of carbonyl (C=O) groups is 2. The maximum atomic E-state index is 14.0. The summed E-state index contributed by atoms with van der Waals surface area (Å²) >= 11 is 5.09. The predicted molar refractivity (Wildman–Crippen MR) is 90.6 cm³/mol. The lowest BCUT2D eigenvalue weighted by Crippen LogP contribution is -2.46. The van der Waals surface area contributed by atoms with E-state index in [2.05, 4.69) is 10.6 Å². The van der Waals surface area contributed by atoms with Gasteiger partial charge in [0.25, 0.3) is 5.92 Å². The third-order valence-corrected chi connectivity index (χ3v) is 4.44. The standard InChI is InChI=1S/C17H20F2N2O2S/c1-16(2,8-5-9-22)14(23)21-15(24)20-13-10-17(18,19)12-7-4-3-6-11(12)13/h3-4,6-7,9,13H,5,8,10H2,1-2H3,(H2,20,21,23,24)/t13-/m0/s1. The Labute approximate surface area is 145 Å². The lowest BCUT2D eigenvalue weighted by molar-refractivity contribution is -0.128. The molecule has 0 saturated carbocycles. The zero-order valence-electron chi connectivity index (χ0n) is 13.6. The van der Waals surface area contributed by atoms with Gasteiger partial charge in [0.1, 0.15) is 6.29 Å². The van der Waals surface area contributed by atoms with Crippen LogP contribution in [0.2, 0.25) is 0 Å². The summed E-state index contributed by atoms with van der Waals surface area (Å²) in [6.45, 7) is 3.40. The third kappa shape index (κ3) is 3.95. The van der Waals surface area contributed by atoms with Crippen molar-refractivity contribution >= 4 is 29.5 Å². The van der Waals surface area contributed by atoms with Crippen LogP contribution in [0.4, 0.5) is 8.78 Å². The summed E-state index contributed by atoms with van der Waals surface area (Å²) in [5.74, 6) is -3.27. The number of thiocarbonyl (C=S) groups is 1. The summed E-state index contributed by atoms with van der Waals surface area (Å²) in [4.78, 5) is 22.7. The zero-order chi connectivity index (χ0) is 18.0. The van der Waals surface area contributed by atoms with Crippen LogP contribution in [-0.2, 0) is 15.5 Å². The molecule has 0 radical (unpaired) electrons. The number of benzene rings is 1. The Kier molecular flexibility index (Phi) is 5.32. The van der Waals surface area contributed by atoms with Crippen molar-refractivity contribution in [3.63, 3.8) is 0 Å². The van der Waals surface area contributed by atoms with Crippen LogP contribution >= 0.6 is 12.2 Å². The van der Waals surface area contributed by atoms with Crippen LogP contribution in [0.3, 0.4) is 0 Å². The molecular weight excluding hydrogens is 334 g/mol. The topological polar surface area (TPSA) is 58.2 Å². The molecule has 0 aromatic heterocycles. The number of rotatable bonds is 5. The highest BCUT2D eigenvalue weighted by Crippen LogP contribution is 2.46. The minimum Gasteiger partial charge on any atom is -0.355 e. The smallest absolute Gasteiger partial charge is 0.275 e. The third-order valence-electron chi connectivity index (χ3n) is 4.23. The molecule has 0 unspecified atom stereocenters. The maximum absolute atomic E-state index is 14.0. The van der Waals surface area contributed by atoms with Crippen molar-refractivity contribution in [3.05, 3.63) is 35.4 Å². The summed E-state index contributed by atoms with van der Waals surface area (Å²) in [5, 5.41) is 5.35. The summed E-state index contributed by atoms with van der Waals surface area (Å²) in [6.07, 6.45) is 0.998. The molecule has 1 aromatic carbocycles. The first-order chi connectivity index (χ1) is 11.2. The molecule has 1 amide bonds. The quantitative estimate of drug-likeness (QED) is 0.630. The van der Waals surface area contributed by atoms with E-state index in [1.165, 1.54) is 6.07 Å². The molecule has 1 aliphatic rings. The molecular formula is C17H20F2N2O2S. The Bertz CT molecular complexity index is 662. The van der Waals surface area contributed by atoms with Crippen LogP contribution in [0.15, 0.2) is 24.3 Å². The fourth-order valence-corrected chi connectivity index (χ4v) is 2.97. The number of nitrogens with one attached hydrogen (secondary N) is 2. The highest BCUT2D eigenvalue weighted by atomic mass is 32.1. The monoisotopic (exact) mass is 354 g/mol. The molecule has 2 rings (SSSR count). The molecule has 0 saturated heterocycles. The molecule has 4 nitrogen and oxygen atoms in total. The average molecular weight is 354 g/mol. The molecule has 0 bridgehead atoms. The van der Waals surface area contributed by atoms with Crippen molar-refractivity contribution < 1.29 is 18.4 Å². The van der Waals surface area contributed by atoms with Crippen molar-refractivity contribution in [1.29, 1.82) is 0 Å². The van der Waals surface area contributed by atoms with Gasteiger partial charge in [0.2, 0.25) is 5.91 Å². The van der Waals surface area contributed by atoms with Gasteiger partial charge in [0, 0.05) is 23.8 Å². The van der Waals surface area contributed by atoms with E-state index in [-0.39, 0.29) is 23.0 Å². The van der Waals surface area contributed by atoms with E-state index in [4.69, 9.17) is 12.2 Å².